The lowest BCUT2D eigenvalue weighted by molar-refractivity contribution is -0.204. The Morgan fingerprint density at radius 3 is 1.80 bits per heavy atom. The van der Waals surface area contributed by atoms with Crippen LogP contribution in [0.4, 0.5) is 0 Å². The van der Waals surface area contributed by atoms with E-state index < -0.39 is 11.2 Å². The monoisotopic (exact) mass is 206 g/mol. The molecular weight excluding hydrogens is 188 g/mol. The zero-order chi connectivity index (χ0) is 10.00. The molecule has 2 nitrogen and oxygen atoms in total. The van der Waals surface area contributed by atoms with Gasteiger partial charge in [0, 0.05) is 0 Å². The number of fused-ring (bicyclic) bond motifs is 1. The second-order valence-corrected chi connectivity index (χ2v) is 6.83. The van der Waals surface area contributed by atoms with Crippen LogP contribution in [0.5, 0.6) is 0 Å². The summed E-state index contributed by atoms with van der Waals surface area (Å²) in [6.45, 7) is 0. The van der Waals surface area contributed by atoms with Gasteiger partial charge in [0.15, 0.2) is 0 Å². The molecule has 15 heavy (non-hydrogen) atoms. The first kappa shape index (κ1) is 8.08. The van der Waals surface area contributed by atoms with Crippen molar-refractivity contribution in [3.63, 3.8) is 0 Å². The SMILES string of the molecule is O[C@@]12CCCC[C@]1(O)C1C3CC4C(C41)C32. The van der Waals surface area contributed by atoms with E-state index >= 15 is 0 Å². The van der Waals surface area contributed by atoms with Crippen molar-refractivity contribution in [2.45, 2.75) is 43.3 Å². The second kappa shape index (κ2) is 1.91. The molecule has 6 rings (SSSR count). The van der Waals surface area contributed by atoms with Crippen molar-refractivity contribution in [2.24, 2.45) is 35.5 Å². The Labute approximate surface area is 89.7 Å². The van der Waals surface area contributed by atoms with Crippen LogP contribution < -0.4 is 0 Å². The Morgan fingerprint density at radius 1 is 0.800 bits per heavy atom. The zero-order valence-electron chi connectivity index (χ0n) is 8.89. The molecule has 6 saturated carbocycles. The van der Waals surface area contributed by atoms with Crippen molar-refractivity contribution in [1.29, 1.82) is 0 Å². The molecule has 0 heterocycles. The molecule has 6 aliphatic carbocycles. The van der Waals surface area contributed by atoms with Crippen LogP contribution in [0, 0.1) is 35.5 Å². The Morgan fingerprint density at radius 2 is 1.33 bits per heavy atom. The van der Waals surface area contributed by atoms with E-state index in [1.165, 1.54) is 6.42 Å². The number of hydrogen-bond acceptors (Lipinski definition) is 2. The molecule has 0 radical (unpaired) electrons. The first-order chi connectivity index (χ1) is 7.18. The summed E-state index contributed by atoms with van der Waals surface area (Å²) in [4.78, 5) is 0. The van der Waals surface area contributed by atoms with E-state index in [9.17, 15) is 10.2 Å². The van der Waals surface area contributed by atoms with E-state index in [4.69, 9.17) is 0 Å². The van der Waals surface area contributed by atoms with Gasteiger partial charge in [-0.15, -0.1) is 0 Å². The molecule has 0 aromatic heterocycles. The molecule has 82 valence electrons. The van der Waals surface area contributed by atoms with E-state index in [1.54, 1.807) is 0 Å². The van der Waals surface area contributed by atoms with Gasteiger partial charge in [-0.2, -0.15) is 0 Å². The van der Waals surface area contributed by atoms with Crippen molar-refractivity contribution < 1.29 is 10.2 Å². The summed E-state index contributed by atoms with van der Waals surface area (Å²) in [7, 11) is 0. The Hall–Kier alpha value is -0.0800. The average molecular weight is 206 g/mol. The van der Waals surface area contributed by atoms with E-state index in [1.807, 2.05) is 0 Å². The minimum atomic E-state index is -0.674. The average Bonchev–Trinajstić information content (AvgIpc) is 2.61. The smallest absolute Gasteiger partial charge is 0.0969 e. The van der Waals surface area contributed by atoms with Gasteiger partial charge >= 0.3 is 0 Å². The number of aliphatic hydroxyl groups is 2. The van der Waals surface area contributed by atoms with E-state index in [0.717, 1.165) is 43.4 Å². The van der Waals surface area contributed by atoms with Crippen molar-refractivity contribution in [3.05, 3.63) is 0 Å². The fourth-order valence-electron chi connectivity index (χ4n) is 6.63. The number of hydrogen-bond donors (Lipinski definition) is 2. The maximum Gasteiger partial charge on any atom is 0.0969 e. The predicted molar refractivity (Wildman–Crippen MR) is 53.9 cm³/mol. The third kappa shape index (κ3) is 0.551. The summed E-state index contributed by atoms with van der Waals surface area (Å²) in [5.74, 6) is 4.22. The van der Waals surface area contributed by atoms with E-state index in [-0.39, 0.29) is 0 Å². The van der Waals surface area contributed by atoms with Crippen LogP contribution in [0.3, 0.4) is 0 Å². The largest absolute Gasteiger partial charge is 0.387 e. The van der Waals surface area contributed by atoms with Crippen LogP contribution in [0.25, 0.3) is 0 Å². The lowest BCUT2D eigenvalue weighted by atomic mass is 9.64. The summed E-state index contributed by atoms with van der Waals surface area (Å²) in [5, 5.41) is 21.8. The van der Waals surface area contributed by atoms with Crippen LogP contribution in [0.15, 0.2) is 0 Å². The highest BCUT2D eigenvalue weighted by molar-refractivity contribution is 5.36. The van der Waals surface area contributed by atoms with Crippen molar-refractivity contribution in [1.82, 2.24) is 0 Å². The van der Waals surface area contributed by atoms with Gasteiger partial charge in [-0.1, -0.05) is 12.8 Å². The van der Waals surface area contributed by atoms with Crippen molar-refractivity contribution >= 4 is 0 Å². The molecule has 0 aromatic rings. The molecule has 2 N–H and O–H groups in total. The highest BCUT2D eigenvalue weighted by Gasteiger charge is 2.88. The molecule has 6 unspecified atom stereocenters. The Kier molecular flexibility index (Phi) is 1.03. The quantitative estimate of drug-likeness (QED) is 0.624. The maximum absolute atomic E-state index is 10.9. The minimum absolute atomic E-state index is 0.489. The summed E-state index contributed by atoms with van der Waals surface area (Å²) in [6, 6.07) is 0. The molecule has 0 amide bonds. The van der Waals surface area contributed by atoms with Gasteiger partial charge in [0.1, 0.15) is 0 Å². The topological polar surface area (TPSA) is 40.5 Å². The van der Waals surface area contributed by atoms with Crippen LogP contribution in [-0.4, -0.2) is 21.4 Å². The summed E-state index contributed by atoms with van der Waals surface area (Å²) < 4.78 is 0. The van der Waals surface area contributed by atoms with Gasteiger partial charge in [-0.05, 0) is 54.8 Å². The molecule has 0 spiro atoms. The summed E-state index contributed by atoms with van der Waals surface area (Å²) >= 11 is 0. The Bertz CT molecular complexity index is 336. The summed E-state index contributed by atoms with van der Waals surface area (Å²) in [5.41, 5.74) is -1.35. The normalized spacial score (nSPS) is 77.2. The molecule has 6 aliphatic rings. The van der Waals surface area contributed by atoms with Gasteiger partial charge in [0.25, 0.3) is 0 Å². The third-order valence-electron chi connectivity index (χ3n) is 6.81. The van der Waals surface area contributed by atoms with Gasteiger partial charge < -0.3 is 10.2 Å². The molecule has 8 atom stereocenters. The number of rotatable bonds is 0. The van der Waals surface area contributed by atoms with Crippen LogP contribution in [0.1, 0.15) is 32.1 Å². The maximum atomic E-state index is 10.9. The minimum Gasteiger partial charge on any atom is -0.387 e. The van der Waals surface area contributed by atoms with Crippen molar-refractivity contribution in [2.75, 3.05) is 0 Å². The van der Waals surface area contributed by atoms with E-state index in [2.05, 4.69) is 0 Å². The van der Waals surface area contributed by atoms with Gasteiger partial charge in [-0.3, -0.25) is 0 Å². The fraction of sp³-hybridized carbons (Fsp3) is 1.00. The fourth-order valence-corrected chi connectivity index (χ4v) is 6.63. The lowest BCUT2D eigenvalue weighted by Gasteiger charge is -2.49. The van der Waals surface area contributed by atoms with Crippen LogP contribution in [-0.2, 0) is 0 Å². The standard InChI is InChI=1S/C13H18O2/c14-12-3-1-2-4-13(12,15)11-7-5-6-8(9(6)11)10(7)12/h6-11,14-15H,1-5H2/t6?,7?,8?,9?,10?,11?,12-,13+. The molecule has 0 aliphatic heterocycles. The highest BCUT2D eigenvalue weighted by atomic mass is 16.4. The molecule has 0 aromatic carbocycles. The Balaban J connectivity index is 1.74. The molecule has 6 bridgehead atoms. The predicted octanol–water partition coefficient (Wildman–Crippen LogP) is 1.16. The first-order valence-corrected chi connectivity index (χ1v) is 6.63. The first-order valence-electron chi connectivity index (χ1n) is 6.63. The third-order valence-corrected chi connectivity index (χ3v) is 6.81. The lowest BCUT2D eigenvalue weighted by Crippen LogP contribution is -2.60. The van der Waals surface area contributed by atoms with Crippen LogP contribution >= 0.6 is 0 Å². The van der Waals surface area contributed by atoms with Crippen LogP contribution in [0.2, 0.25) is 0 Å². The van der Waals surface area contributed by atoms with Crippen molar-refractivity contribution in [3.8, 4) is 0 Å². The second-order valence-electron chi connectivity index (χ2n) is 6.83. The molecule has 6 fully saturated rings. The molecule has 2 heteroatoms. The van der Waals surface area contributed by atoms with E-state index in [0.29, 0.717) is 17.8 Å². The van der Waals surface area contributed by atoms with Gasteiger partial charge in [0.05, 0.1) is 11.2 Å². The summed E-state index contributed by atoms with van der Waals surface area (Å²) in [6.07, 6.45) is 5.32. The molecule has 0 saturated heterocycles. The molecular formula is C13H18O2. The zero-order valence-corrected chi connectivity index (χ0v) is 8.89. The van der Waals surface area contributed by atoms with Gasteiger partial charge in [-0.25, -0.2) is 0 Å². The highest BCUT2D eigenvalue weighted by Crippen LogP contribution is 2.86. The van der Waals surface area contributed by atoms with Gasteiger partial charge in [0.2, 0.25) is 0 Å².